The number of amides is 1. The van der Waals surface area contributed by atoms with Gasteiger partial charge in [0.15, 0.2) is 0 Å². The minimum absolute atomic E-state index is 0.0561. The van der Waals surface area contributed by atoms with E-state index in [-0.39, 0.29) is 23.3 Å². The van der Waals surface area contributed by atoms with Crippen LogP contribution >= 0.6 is 0 Å². The molecule has 1 amide bonds. The standard InChI is InChI=1S/C17H28N2O2/c1-12(11-18-5)16(20)19-15(17(2,3)4)13-8-7-9-14(10-13)21-6/h7-10,12,15,18H,11H2,1-6H3,(H,19,20)/t12-,15-/m0/s1. The molecule has 0 aliphatic heterocycles. The van der Waals surface area contributed by atoms with Gasteiger partial charge in [-0.2, -0.15) is 0 Å². The monoisotopic (exact) mass is 292 g/mol. The first-order valence-electron chi connectivity index (χ1n) is 7.38. The lowest BCUT2D eigenvalue weighted by Gasteiger charge is -2.33. The van der Waals surface area contributed by atoms with Gasteiger partial charge in [-0.15, -0.1) is 0 Å². The summed E-state index contributed by atoms with van der Waals surface area (Å²) in [7, 11) is 3.51. The molecule has 1 aromatic carbocycles. The molecule has 0 bridgehead atoms. The van der Waals surface area contributed by atoms with Crippen molar-refractivity contribution in [3.8, 4) is 5.75 Å². The van der Waals surface area contributed by atoms with Crippen molar-refractivity contribution < 1.29 is 9.53 Å². The van der Waals surface area contributed by atoms with Crippen molar-refractivity contribution in [1.82, 2.24) is 10.6 Å². The molecule has 4 nitrogen and oxygen atoms in total. The van der Waals surface area contributed by atoms with Gasteiger partial charge in [-0.3, -0.25) is 4.79 Å². The van der Waals surface area contributed by atoms with Crippen LogP contribution in [0.4, 0.5) is 0 Å². The van der Waals surface area contributed by atoms with E-state index in [0.29, 0.717) is 6.54 Å². The topological polar surface area (TPSA) is 50.4 Å². The van der Waals surface area contributed by atoms with E-state index in [1.165, 1.54) is 0 Å². The molecular formula is C17H28N2O2. The van der Waals surface area contributed by atoms with Crippen LogP contribution in [0, 0.1) is 11.3 Å². The van der Waals surface area contributed by atoms with Crippen LogP contribution < -0.4 is 15.4 Å². The molecule has 0 unspecified atom stereocenters. The van der Waals surface area contributed by atoms with E-state index in [2.05, 4.69) is 31.4 Å². The number of carbonyl (C=O) groups excluding carboxylic acids is 1. The summed E-state index contributed by atoms with van der Waals surface area (Å²) in [6.07, 6.45) is 0. The van der Waals surface area contributed by atoms with Crippen molar-refractivity contribution in [1.29, 1.82) is 0 Å². The molecule has 0 heterocycles. The quantitative estimate of drug-likeness (QED) is 0.847. The number of benzene rings is 1. The Labute approximate surface area is 128 Å². The Bertz CT molecular complexity index is 466. The fourth-order valence-corrected chi connectivity index (χ4v) is 2.30. The van der Waals surface area contributed by atoms with Crippen molar-refractivity contribution in [2.45, 2.75) is 33.7 Å². The molecule has 0 saturated heterocycles. The van der Waals surface area contributed by atoms with Crippen LogP contribution in [0.5, 0.6) is 5.75 Å². The summed E-state index contributed by atoms with van der Waals surface area (Å²) in [4.78, 5) is 12.3. The summed E-state index contributed by atoms with van der Waals surface area (Å²) >= 11 is 0. The van der Waals surface area contributed by atoms with E-state index < -0.39 is 0 Å². The van der Waals surface area contributed by atoms with Gasteiger partial charge in [0.25, 0.3) is 0 Å². The van der Waals surface area contributed by atoms with Gasteiger partial charge in [0.05, 0.1) is 13.2 Å². The molecule has 0 radical (unpaired) electrons. The Morgan fingerprint density at radius 2 is 2.00 bits per heavy atom. The lowest BCUT2D eigenvalue weighted by molar-refractivity contribution is -0.125. The zero-order valence-corrected chi connectivity index (χ0v) is 14.0. The zero-order chi connectivity index (χ0) is 16.0. The number of carbonyl (C=O) groups is 1. The number of hydrogen-bond acceptors (Lipinski definition) is 3. The van der Waals surface area contributed by atoms with Crippen LogP contribution in [-0.2, 0) is 4.79 Å². The molecule has 1 aromatic rings. The average Bonchev–Trinajstić information content (AvgIpc) is 2.43. The molecule has 118 valence electrons. The number of methoxy groups -OCH3 is 1. The first-order valence-corrected chi connectivity index (χ1v) is 7.38. The van der Waals surface area contributed by atoms with E-state index in [1.54, 1.807) is 7.11 Å². The van der Waals surface area contributed by atoms with E-state index in [9.17, 15) is 4.79 Å². The van der Waals surface area contributed by atoms with Crippen LogP contribution in [0.15, 0.2) is 24.3 Å². The lowest BCUT2D eigenvalue weighted by atomic mass is 9.82. The maximum atomic E-state index is 12.3. The molecule has 0 saturated carbocycles. The fourth-order valence-electron chi connectivity index (χ4n) is 2.30. The molecule has 0 aromatic heterocycles. The molecule has 0 fully saturated rings. The van der Waals surface area contributed by atoms with Crippen molar-refractivity contribution >= 4 is 5.91 Å². The van der Waals surface area contributed by atoms with Crippen molar-refractivity contribution in [2.24, 2.45) is 11.3 Å². The predicted molar refractivity (Wildman–Crippen MR) is 86.4 cm³/mol. The zero-order valence-electron chi connectivity index (χ0n) is 14.0. The Kier molecular flexibility index (Phi) is 6.21. The predicted octanol–water partition coefficient (Wildman–Crippen LogP) is 2.75. The van der Waals surface area contributed by atoms with Gasteiger partial charge >= 0.3 is 0 Å². The van der Waals surface area contributed by atoms with Crippen LogP contribution in [0.2, 0.25) is 0 Å². The highest BCUT2D eigenvalue weighted by Crippen LogP contribution is 2.34. The smallest absolute Gasteiger partial charge is 0.224 e. The molecule has 4 heteroatoms. The fraction of sp³-hybridized carbons (Fsp3) is 0.588. The lowest BCUT2D eigenvalue weighted by Crippen LogP contribution is -2.41. The Hall–Kier alpha value is -1.55. The second kappa shape index (κ2) is 7.46. The molecule has 2 atom stereocenters. The largest absolute Gasteiger partial charge is 0.497 e. The van der Waals surface area contributed by atoms with E-state index >= 15 is 0 Å². The molecule has 1 rings (SSSR count). The minimum atomic E-state index is -0.0820. The number of nitrogens with one attached hydrogen (secondary N) is 2. The second-order valence-electron chi connectivity index (χ2n) is 6.54. The van der Waals surface area contributed by atoms with Gasteiger partial charge < -0.3 is 15.4 Å². The number of rotatable bonds is 6. The summed E-state index contributed by atoms with van der Waals surface area (Å²) in [6, 6.07) is 7.82. The van der Waals surface area contributed by atoms with Gasteiger partial charge in [0.2, 0.25) is 5.91 Å². The number of ether oxygens (including phenoxy) is 1. The Balaban J connectivity index is 2.99. The minimum Gasteiger partial charge on any atom is -0.497 e. The van der Waals surface area contributed by atoms with Crippen LogP contribution in [0.25, 0.3) is 0 Å². The first kappa shape index (κ1) is 17.5. The average molecular weight is 292 g/mol. The normalized spacial score (nSPS) is 14.4. The van der Waals surface area contributed by atoms with E-state index in [1.807, 2.05) is 38.2 Å². The van der Waals surface area contributed by atoms with E-state index in [0.717, 1.165) is 11.3 Å². The molecule has 0 aliphatic carbocycles. The third-order valence-corrected chi connectivity index (χ3v) is 3.54. The van der Waals surface area contributed by atoms with Crippen molar-refractivity contribution in [3.63, 3.8) is 0 Å². The van der Waals surface area contributed by atoms with Gasteiger partial charge in [-0.05, 0) is 30.2 Å². The van der Waals surface area contributed by atoms with Crippen LogP contribution in [-0.4, -0.2) is 26.6 Å². The summed E-state index contributed by atoms with van der Waals surface area (Å²) in [6.45, 7) is 8.97. The Morgan fingerprint density at radius 3 is 2.52 bits per heavy atom. The Morgan fingerprint density at radius 1 is 1.33 bits per heavy atom. The third kappa shape index (κ3) is 5.05. The molecular weight excluding hydrogens is 264 g/mol. The maximum Gasteiger partial charge on any atom is 0.224 e. The van der Waals surface area contributed by atoms with E-state index in [4.69, 9.17) is 4.74 Å². The van der Waals surface area contributed by atoms with Crippen molar-refractivity contribution in [2.75, 3.05) is 20.7 Å². The third-order valence-electron chi connectivity index (χ3n) is 3.54. The summed E-state index contributed by atoms with van der Waals surface area (Å²) in [5.41, 5.74) is 0.980. The van der Waals surface area contributed by atoms with Gasteiger partial charge in [0.1, 0.15) is 5.75 Å². The SMILES string of the molecule is CNC[C@H](C)C(=O)N[C@@H](c1cccc(OC)c1)C(C)(C)C. The van der Waals surface area contributed by atoms with Gasteiger partial charge in [-0.1, -0.05) is 39.8 Å². The summed E-state index contributed by atoms with van der Waals surface area (Å²) in [5, 5.41) is 6.21. The molecule has 0 spiro atoms. The summed E-state index contributed by atoms with van der Waals surface area (Å²) < 4.78 is 5.29. The van der Waals surface area contributed by atoms with Gasteiger partial charge in [0, 0.05) is 12.5 Å². The maximum absolute atomic E-state index is 12.3. The highest BCUT2D eigenvalue weighted by molar-refractivity contribution is 5.79. The second-order valence-corrected chi connectivity index (χ2v) is 6.54. The molecule has 0 aliphatic rings. The van der Waals surface area contributed by atoms with Gasteiger partial charge in [-0.25, -0.2) is 0 Å². The molecule has 2 N–H and O–H groups in total. The van der Waals surface area contributed by atoms with Crippen molar-refractivity contribution in [3.05, 3.63) is 29.8 Å². The van der Waals surface area contributed by atoms with Crippen LogP contribution in [0.3, 0.4) is 0 Å². The highest BCUT2D eigenvalue weighted by Gasteiger charge is 2.29. The van der Waals surface area contributed by atoms with Crippen LogP contribution in [0.1, 0.15) is 39.3 Å². The molecule has 21 heavy (non-hydrogen) atoms. The first-order chi connectivity index (χ1) is 9.79. The highest BCUT2D eigenvalue weighted by atomic mass is 16.5. The summed E-state index contributed by atoms with van der Waals surface area (Å²) in [5.74, 6) is 0.803. The number of hydrogen-bond donors (Lipinski definition) is 2.